The second kappa shape index (κ2) is 14.3. The number of fused-ring (bicyclic) bond motifs is 3. The van der Waals surface area contributed by atoms with Crippen LogP contribution < -0.4 is 19.7 Å². The van der Waals surface area contributed by atoms with Gasteiger partial charge in [-0.05, 0) is 43.6 Å². The Bertz CT molecular complexity index is 1990. The number of alkyl halides is 6. The van der Waals surface area contributed by atoms with Crippen molar-refractivity contribution in [3.8, 4) is 23.0 Å². The zero-order valence-electron chi connectivity index (χ0n) is 29.0. The third-order valence-corrected chi connectivity index (χ3v) is 10.1. The van der Waals surface area contributed by atoms with Gasteiger partial charge in [0.25, 0.3) is 0 Å². The average molecular weight is 755 g/mol. The number of nitrogens with one attached hydrogen (secondary N) is 1. The summed E-state index contributed by atoms with van der Waals surface area (Å²) in [5.74, 6) is -2.89. The number of aryl methyl sites for hydroxylation is 1. The van der Waals surface area contributed by atoms with Gasteiger partial charge in [0.15, 0.2) is 17.4 Å². The van der Waals surface area contributed by atoms with E-state index < -0.39 is 36.2 Å². The molecule has 2 unspecified atom stereocenters. The first-order valence-corrected chi connectivity index (χ1v) is 17.7. The topological polar surface area (TPSA) is 84.9 Å². The first-order valence-electron chi connectivity index (χ1n) is 17.7. The van der Waals surface area contributed by atoms with Gasteiger partial charge in [-0.25, -0.2) is 13.8 Å². The van der Waals surface area contributed by atoms with E-state index in [0.717, 1.165) is 18.9 Å². The number of likely N-dealkylation sites (tertiary alicyclic amines) is 1. The minimum absolute atomic E-state index is 0.0272. The maximum absolute atomic E-state index is 16.9. The molecule has 2 atom stereocenters. The second-order valence-corrected chi connectivity index (χ2v) is 13.7. The first-order chi connectivity index (χ1) is 25.3. The van der Waals surface area contributed by atoms with Crippen LogP contribution in [0.25, 0.3) is 32.9 Å². The molecule has 0 spiro atoms. The van der Waals surface area contributed by atoms with Gasteiger partial charge in [-0.15, -0.1) is 26.3 Å². The Morgan fingerprint density at radius 1 is 0.925 bits per heavy atom. The maximum Gasteiger partial charge on any atom is 0.573 e. The summed E-state index contributed by atoms with van der Waals surface area (Å²) in [6.07, 6.45) is -8.09. The monoisotopic (exact) mass is 754 g/mol. The lowest BCUT2D eigenvalue weighted by Crippen LogP contribution is -2.51. The summed E-state index contributed by atoms with van der Waals surface area (Å²) >= 11 is 0. The van der Waals surface area contributed by atoms with E-state index in [1.807, 2.05) is 18.7 Å². The number of hydrogen-bond acceptors (Lipinski definition) is 9. The van der Waals surface area contributed by atoms with Crippen molar-refractivity contribution < 1.29 is 49.3 Å². The van der Waals surface area contributed by atoms with Crippen LogP contribution in [-0.4, -0.2) is 90.6 Å². The van der Waals surface area contributed by atoms with E-state index in [2.05, 4.69) is 29.7 Å². The molecule has 0 bridgehead atoms. The average Bonchev–Trinajstić information content (AvgIpc) is 3.79. The Morgan fingerprint density at radius 3 is 2.45 bits per heavy atom. The Kier molecular flexibility index (Phi) is 10.0. The molecule has 9 nitrogen and oxygen atoms in total. The molecule has 17 heteroatoms. The van der Waals surface area contributed by atoms with Crippen molar-refractivity contribution in [2.75, 3.05) is 50.8 Å². The zero-order valence-corrected chi connectivity index (χ0v) is 29.0. The fourth-order valence-electron chi connectivity index (χ4n) is 7.61. The molecule has 286 valence electrons. The lowest BCUT2D eigenvalue weighted by Gasteiger charge is -2.36. The number of hydrogen-bond donors (Lipinski definition) is 1. The third-order valence-electron chi connectivity index (χ3n) is 10.1. The smallest absolute Gasteiger partial charge is 0.463 e. The summed E-state index contributed by atoms with van der Waals surface area (Å²) in [5.41, 5.74) is -0.488. The normalized spacial score (nSPS) is 21.2. The van der Waals surface area contributed by atoms with Gasteiger partial charge in [0.2, 0.25) is 0 Å². The number of nitrogens with zero attached hydrogens (tertiary/aromatic N) is 5. The largest absolute Gasteiger partial charge is 0.573 e. The van der Waals surface area contributed by atoms with Crippen molar-refractivity contribution in [3.05, 3.63) is 47.7 Å². The van der Waals surface area contributed by atoms with Gasteiger partial charge in [0.05, 0.1) is 23.8 Å². The quantitative estimate of drug-likeness (QED) is 0.184. The highest BCUT2D eigenvalue weighted by Crippen LogP contribution is 2.48. The van der Waals surface area contributed by atoms with Gasteiger partial charge in [0, 0.05) is 61.7 Å². The molecule has 2 aromatic carbocycles. The van der Waals surface area contributed by atoms with Gasteiger partial charge in [0.1, 0.15) is 17.0 Å². The second-order valence-electron chi connectivity index (χ2n) is 13.7. The van der Waals surface area contributed by atoms with Crippen LogP contribution in [0.15, 0.2) is 30.3 Å². The molecule has 3 fully saturated rings. The molecule has 2 aromatic heterocycles. The van der Waals surface area contributed by atoms with Crippen molar-refractivity contribution >= 4 is 27.5 Å². The van der Waals surface area contributed by atoms with Crippen molar-refractivity contribution in [2.24, 2.45) is 5.41 Å². The molecule has 0 amide bonds. The Morgan fingerprint density at radius 2 is 1.72 bits per heavy atom. The van der Waals surface area contributed by atoms with Crippen LogP contribution in [0.4, 0.5) is 40.9 Å². The molecule has 8 rings (SSSR count). The van der Waals surface area contributed by atoms with E-state index in [1.165, 1.54) is 24.3 Å². The molecule has 1 saturated carbocycles. The number of rotatable bonds is 8. The minimum Gasteiger partial charge on any atom is -0.463 e. The number of ether oxygens (including phenoxy) is 3. The number of pyridine rings is 1. The van der Waals surface area contributed by atoms with Crippen molar-refractivity contribution in [3.63, 3.8) is 0 Å². The number of halogens is 8. The van der Waals surface area contributed by atoms with Gasteiger partial charge in [-0.3, -0.25) is 9.64 Å². The lowest BCUT2D eigenvalue weighted by atomic mass is 9.98. The standard InChI is InChI=1S/C34H32F8N6O3.C2H6/c35-22-6-4-18-2-1-3-21(24(18)29(22)51-34(40,41)42)27-26(36)28-25-23(44-27)7-5-19-14-43-11-13-48(19)30(25)46-31(45-28)49-17-32(9-10-32)16-47-12-8-20(15-47)50-33(37,38)39;1-2/h1-4,6,19-20,43H,5,7-17H2;1-2H3. The third kappa shape index (κ3) is 7.78. The van der Waals surface area contributed by atoms with Gasteiger partial charge < -0.3 is 19.7 Å². The van der Waals surface area contributed by atoms with E-state index in [-0.39, 0.29) is 64.6 Å². The predicted octanol–water partition coefficient (Wildman–Crippen LogP) is 7.54. The summed E-state index contributed by atoms with van der Waals surface area (Å²) in [6.45, 7) is 7.03. The van der Waals surface area contributed by atoms with E-state index in [4.69, 9.17) is 9.72 Å². The van der Waals surface area contributed by atoms with Crippen LogP contribution in [0.2, 0.25) is 0 Å². The molecular formula is C36H38F8N6O3. The first kappa shape index (κ1) is 37.2. The summed E-state index contributed by atoms with van der Waals surface area (Å²) in [5, 5.41) is 3.60. The van der Waals surface area contributed by atoms with E-state index in [1.54, 1.807) is 0 Å². The number of aromatic nitrogens is 3. The van der Waals surface area contributed by atoms with Crippen LogP contribution in [-0.2, 0) is 11.2 Å². The SMILES string of the molecule is CC.Fc1ccc2cccc(-c3nc4c5c(nc(OCC6(CN7CCC(OC(F)(F)F)C7)CC6)nc5c3F)N3CCNCC3CC4)c2c1OC(F)(F)F. The number of anilines is 1. The van der Waals surface area contributed by atoms with Crippen LogP contribution >= 0.6 is 0 Å². The molecule has 1 N–H and O–H groups in total. The highest BCUT2D eigenvalue weighted by molar-refractivity contribution is 6.03. The molecule has 3 aliphatic heterocycles. The van der Waals surface area contributed by atoms with Gasteiger partial charge in [-0.1, -0.05) is 38.1 Å². The summed E-state index contributed by atoms with van der Waals surface area (Å²) in [6, 6.07) is 6.32. The van der Waals surface area contributed by atoms with Gasteiger partial charge >= 0.3 is 18.7 Å². The molecular weight excluding hydrogens is 716 g/mol. The molecule has 4 aromatic rings. The summed E-state index contributed by atoms with van der Waals surface area (Å²) < 4.78 is 125. The highest BCUT2D eigenvalue weighted by Gasteiger charge is 2.47. The van der Waals surface area contributed by atoms with Crippen molar-refractivity contribution in [1.82, 2.24) is 25.2 Å². The molecule has 0 radical (unpaired) electrons. The summed E-state index contributed by atoms with van der Waals surface area (Å²) in [4.78, 5) is 17.9. The Hall–Kier alpha value is -4.09. The van der Waals surface area contributed by atoms with Crippen LogP contribution in [0.1, 0.15) is 45.2 Å². The molecule has 5 heterocycles. The predicted molar refractivity (Wildman–Crippen MR) is 180 cm³/mol. The van der Waals surface area contributed by atoms with E-state index >= 15 is 4.39 Å². The van der Waals surface area contributed by atoms with Crippen LogP contribution in [0.5, 0.6) is 11.8 Å². The number of piperazine rings is 1. The molecule has 1 aliphatic carbocycles. The molecule has 4 aliphatic rings. The Balaban J connectivity index is 0.00000214. The highest BCUT2D eigenvalue weighted by atomic mass is 19.4. The number of benzene rings is 2. The fraction of sp³-hybridized carbons (Fsp3) is 0.528. The zero-order chi connectivity index (χ0) is 37.7. The van der Waals surface area contributed by atoms with Crippen molar-refractivity contribution in [1.29, 1.82) is 0 Å². The van der Waals surface area contributed by atoms with Crippen molar-refractivity contribution in [2.45, 2.75) is 70.8 Å². The van der Waals surface area contributed by atoms with E-state index in [9.17, 15) is 30.7 Å². The van der Waals surface area contributed by atoms with Crippen LogP contribution in [0, 0.1) is 17.0 Å². The maximum atomic E-state index is 16.9. The molecule has 53 heavy (non-hydrogen) atoms. The van der Waals surface area contributed by atoms with Gasteiger partial charge in [-0.2, -0.15) is 9.97 Å². The molecule has 2 saturated heterocycles. The van der Waals surface area contributed by atoms with E-state index in [0.29, 0.717) is 62.5 Å². The Labute approximate surface area is 299 Å². The van der Waals surface area contributed by atoms with Crippen LogP contribution in [0.3, 0.4) is 0 Å². The minimum atomic E-state index is -5.22. The fourth-order valence-corrected chi connectivity index (χ4v) is 7.61. The summed E-state index contributed by atoms with van der Waals surface area (Å²) in [7, 11) is 0. The lowest BCUT2D eigenvalue weighted by molar-refractivity contribution is -0.340.